The summed E-state index contributed by atoms with van der Waals surface area (Å²) in [5, 5.41) is 3.59. The molecule has 2 rings (SSSR count). The van der Waals surface area contributed by atoms with Crippen molar-refractivity contribution in [2.75, 3.05) is 6.54 Å². The van der Waals surface area contributed by atoms with E-state index in [9.17, 15) is 0 Å². The van der Waals surface area contributed by atoms with Gasteiger partial charge in [-0.15, -0.1) is 11.3 Å². The zero-order valence-corrected chi connectivity index (χ0v) is 12.6. The second kappa shape index (κ2) is 7.96. The van der Waals surface area contributed by atoms with E-state index in [1.807, 2.05) is 11.3 Å². The minimum atomic E-state index is 1.09. The lowest BCUT2D eigenvalue weighted by Crippen LogP contribution is -2.13. The molecule has 1 N–H and O–H groups in total. The lowest BCUT2D eigenvalue weighted by atomic mass is 10.1. The molecule has 0 amide bonds. The van der Waals surface area contributed by atoms with Crippen molar-refractivity contribution in [3.05, 3.63) is 21.4 Å². The zero-order valence-electron chi connectivity index (χ0n) is 11.8. The van der Waals surface area contributed by atoms with Crippen molar-refractivity contribution in [3.63, 3.8) is 0 Å². The average molecular weight is 265 g/mol. The van der Waals surface area contributed by atoms with Crippen LogP contribution in [0.5, 0.6) is 0 Å². The maximum atomic E-state index is 3.59. The van der Waals surface area contributed by atoms with Gasteiger partial charge in [-0.2, -0.15) is 0 Å². The Morgan fingerprint density at radius 1 is 1.11 bits per heavy atom. The Balaban J connectivity index is 1.50. The van der Waals surface area contributed by atoms with Crippen LogP contribution in [-0.4, -0.2) is 6.54 Å². The topological polar surface area (TPSA) is 12.0 Å². The van der Waals surface area contributed by atoms with Crippen LogP contribution in [0.15, 0.2) is 6.07 Å². The summed E-state index contributed by atoms with van der Waals surface area (Å²) >= 11 is 2.03. The SMILES string of the molecule is CCCCCCCCNCc1cc2c(s1)CCC2. The van der Waals surface area contributed by atoms with Crippen molar-refractivity contribution in [3.8, 4) is 0 Å². The molecule has 1 nitrogen and oxygen atoms in total. The second-order valence-corrected chi connectivity index (χ2v) is 6.68. The van der Waals surface area contributed by atoms with Crippen molar-refractivity contribution >= 4 is 11.3 Å². The van der Waals surface area contributed by atoms with Crippen LogP contribution >= 0.6 is 11.3 Å². The Bertz CT molecular complexity index is 321. The van der Waals surface area contributed by atoms with Gasteiger partial charge < -0.3 is 5.32 Å². The van der Waals surface area contributed by atoms with E-state index in [1.165, 1.54) is 64.3 Å². The summed E-state index contributed by atoms with van der Waals surface area (Å²) in [6.45, 7) is 4.56. The number of rotatable bonds is 9. The first kappa shape index (κ1) is 14.1. The van der Waals surface area contributed by atoms with E-state index in [0.29, 0.717) is 0 Å². The van der Waals surface area contributed by atoms with Gasteiger partial charge >= 0.3 is 0 Å². The fourth-order valence-corrected chi connectivity index (χ4v) is 3.95. The molecule has 102 valence electrons. The van der Waals surface area contributed by atoms with Crippen LogP contribution in [0.1, 0.15) is 67.2 Å². The third-order valence-corrected chi connectivity index (χ3v) is 5.04. The lowest BCUT2D eigenvalue weighted by molar-refractivity contribution is 0.573. The number of fused-ring (bicyclic) bond motifs is 1. The summed E-state index contributed by atoms with van der Waals surface area (Å²) in [5.74, 6) is 0. The van der Waals surface area contributed by atoms with E-state index in [-0.39, 0.29) is 0 Å². The monoisotopic (exact) mass is 265 g/mol. The fourth-order valence-electron chi connectivity index (χ4n) is 2.72. The molecule has 0 unspecified atom stereocenters. The molecule has 0 saturated heterocycles. The standard InChI is InChI=1S/C16H27NS/c1-2-3-4-5-6-7-11-17-13-15-12-14-9-8-10-16(14)18-15/h12,17H,2-11,13H2,1H3. The number of nitrogens with one attached hydrogen (secondary N) is 1. The third-order valence-electron chi connectivity index (χ3n) is 3.80. The molecule has 0 atom stereocenters. The second-order valence-electron chi connectivity index (χ2n) is 5.46. The Morgan fingerprint density at radius 3 is 2.78 bits per heavy atom. The number of hydrogen-bond acceptors (Lipinski definition) is 2. The Labute approximate surface area is 116 Å². The first-order chi connectivity index (χ1) is 8.90. The van der Waals surface area contributed by atoms with Crippen LogP contribution in [0.4, 0.5) is 0 Å². The number of thiophene rings is 1. The van der Waals surface area contributed by atoms with E-state index < -0.39 is 0 Å². The molecule has 18 heavy (non-hydrogen) atoms. The summed E-state index contributed by atoms with van der Waals surface area (Å²) in [6, 6.07) is 2.43. The summed E-state index contributed by atoms with van der Waals surface area (Å²) in [6.07, 6.45) is 12.4. The quantitative estimate of drug-likeness (QED) is 0.639. The molecule has 1 aromatic heterocycles. The molecule has 1 aliphatic rings. The molecule has 0 radical (unpaired) electrons. The first-order valence-corrected chi connectivity index (χ1v) is 8.53. The van der Waals surface area contributed by atoms with E-state index >= 15 is 0 Å². The van der Waals surface area contributed by atoms with Gasteiger partial charge in [-0.25, -0.2) is 0 Å². The Hall–Kier alpha value is -0.340. The molecule has 1 aromatic rings. The molecule has 0 fully saturated rings. The molecule has 0 aromatic carbocycles. The van der Waals surface area contributed by atoms with Gasteiger partial charge in [0.25, 0.3) is 0 Å². The lowest BCUT2D eigenvalue weighted by Gasteiger charge is -2.03. The Kier molecular flexibility index (Phi) is 6.22. The predicted molar refractivity (Wildman–Crippen MR) is 81.4 cm³/mol. The summed E-state index contributed by atoms with van der Waals surface area (Å²) in [5.41, 5.74) is 1.64. The van der Waals surface area contributed by atoms with Crippen LogP contribution < -0.4 is 5.32 Å². The molecule has 1 aliphatic carbocycles. The van der Waals surface area contributed by atoms with Gasteiger partial charge in [0.1, 0.15) is 0 Å². The van der Waals surface area contributed by atoms with Crippen molar-refractivity contribution in [2.24, 2.45) is 0 Å². The number of unbranched alkanes of at least 4 members (excludes halogenated alkanes) is 5. The van der Waals surface area contributed by atoms with Crippen LogP contribution in [0, 0.1) is 0 Å². The van der Waals surface area contributed by atoms with Gasteiger partial charge in [0.2, 0.25) is 0 Å². The normalized spacial score (nSPS) is 14.1. The molecule has 0 spiro atoms. The van der Waals surface area contributed by atoms with Crippen molar-refractivity contribution < 1.29 is 0 Å². The summed E-state index contributed by atoms with van der Waals surface area (Å²) < 4.78 is 0. The molecule has 0 bridgehead atoms. The molecule has 0 saturated carbocycles. The minimum Gasteiger partial charge on any atom is -0.312 e. The highest BCUT2D eigenvalue weighted by Gasteiger charge is 2.14. The summed E-state index contributed by atoms with van der Waals surface area (Å²) in [4.78, 5) is 3.21. The van der Waals surface area contributed by atoms with E-state index in [0.717, 1.165) is 6.54 Å². The highest BCUT2D eigenvalue weighted by atomic mass is 32.1. The van der Waals surface area contributed by atoms with E-state index in [4.69, 9.17) is 0 Å². The van der Waals surface area contributed by atoms with Crippen LogP contribution in [-0.2, 0) is 19.4 Å². The molecule has 1 heterocycles. The third kappa shape index (κ3) is 4.40. The summed E-state index contributed by atoms with van der Waals surface area (Å²) in [7, 11) is 0. The molecular formula is C16H27NS. The Morgan fingerprint density at radius 2 is 1.94 bits per heavy atom. The highest BCUT2D eigenvalue weighted by Crippen LogP contribution is 2.30. The number of aryl methyl sites for hydroxylation is 2. The maximum Gasteiger partial charge on any atom is 0.0299 e. The van der Waals surface area contributed by atoms with Gasteiger partial charge in [-0.1, -0.05) is 39.0 Å². The fraction of sp³-hybridized carbons (Fsp3) is 0.750. The predicted octanol–water partition coefficient (Wildman–Crippen LogP) is 4.69. The number of hydrogen-bond donors (Lipinski definition) is 1. The van der Waals surface area contributed by atoms with Gasteiger partial charge in [0, 0.05) is 16.3 Å². The van der Waals surface area contributed by atoms with Crippen molar-refractivity contribution in [1.82, 2.24) is 5.32 Å². The van der Waals surface area contributed by atoms with Gasteiger partial charge in [0.15, 0.2) is 0 Å². The molecule has 0 aliphatic heterocycles. The zero-order chi connectivity index (χ0) is 12.6. The van der Waals surface area contributed by atoms with Gasteiger partial charge in [-0.3, -0.25) is 0 Å². The molecular weight excluding hydrogens is 238 g/mol. The molecule has 2 heteroatoms. The van der Waals surface area contributed by atoms with Gasteiger partial charge in [-0.05, 0) is 43.9 Å². The minimum absolute atomic E-state index is 1.09. The smallest absolute Gasteiger partial charge is 0.0299 e. The highest BCUT2D eigenvalue weighted by molar-refractivity contribution is 7.12. The van der Waals surface area contributed by atoms with Crippen LogP contribution in [0.25, 0.3) is 0 Å². The van der Waals surface area contributed by atoms with E-state index in [1.54, 1.807) is 15.3 Å². The van der Waals surface area contributed by atoms with Crippen LogP contribution in [0.3, 0.4) is 0 Å². The van der Waals surface area contributed by atoms with Gasteiger partial charge in [0.05, 0.1) is 0 Å². The average Bonchev–Trinajstić information content (AvgIpc) is 2.93. The largest absolute Gasteiger partial charge is 0.312 e. The van der Waals surface area contributed by atoms with Crippen LogP contribution in [0.2, 0.25) is 0 Å². The maximum absolute atomic E-state index is 3.59. The van der Waals surface area contributed by atoms with E-state index in [2.05, 4.69) is 18.3 Å². The first-order valence-electron chi connectivity index (χ1n) is 7.71. The van der Waals surface area contributed by atoms with Crippen molar-refractivity contribution in [1.29, 1.82) is 0 Å². The van der Waals surface area contributed by atoms with Crippen molar-refractivity contribution in [2.45, 2.75) is 71.3 Å².